The molecule has 2 N–H and O–H groups in total. The Morgan fingerprint density at radius 3 is 2.57 bits per heavy atom. The van der Waals surface area contributed by atoms with Crippen molar-refractivity contribution in [2.24, 2.45) is 5.73 Å². The van der Waals surface area contributed by atoms with E-state index in [4.69, 9.17) is 22.1 Å². The lowest BCUT2D eigenvalue weighted by atomic mass is 10.1. The first-order valence-corrected chi connectivity index (χ1v) is 6.75. The molecule has 0 aliphatic carbocycles. The average Bonchev–Trinajstić information content (AvgIpc) is 2.40. The van der Waals surface area contributed by atoms with Crippen LogP contribution in [0.4, 0.5) is 5.69 Å². The minimum Gasteiger partial charge on any atom is -0.449 e. The van der Waals surface area contributed by atoms with E-state index < -0.39 is 4.92 Å². The molecule has 6 heteroatoms. The van der Waals surface area contributed by atoms with Crippen molar-refractivity contribution in [2.75, 3.05) is 0 Å². The molecule has 5 nitrogen and oxygen atoms in total. The number of benzene rings is 2. The maximum absolute atomic E-state index is 11.1. The van der Waals surface area contributed by atoms with Gasteiger partial charge in [0.25, 0.3) is 0 Å². The number of halogens is 1. The van der Waals surface area contributed by atoms with Crippen molar-refractivity contribution in [2.45, 2.75) is 19.9 Å². The number of hydrogen-bond acceptors (Lipinski definition) is 4. The van der Waals surface area contributed by atoms with E-state index in [9.17, 15) is 10.1 Å². The minimum atomic E-state index is -0.463. The summed E-state index contributed by atoms with van der Waals surface area (Å²) in [4.78, 5) is 10.7. The Hall–Kier alpha value is -2.11. The van der Waals surface area contributed by atoms with Gasteiger partial charge in [-0.2, -0.15) is 0 Å². The number of para-hydroxylation sites is 1. The number of ether oxygens (including phenoxy) is 1. The number of aryl methyl sites for hydroxylation is 1. The summed E-state index contributed by atoms with van der Waals surface area (Å²) in [5, 5.41) is 11.5. The molecule has 0 saturated carbocycles. The van der Waals surface area contributed by atoms with Crippen LogP contribution in [0.2, 0.25) is 5.02 Å². The van der Waals surface area contributed by atoms with Crippen LogP contribution in [0.3, 0.4) is 0 Å². The molecule has 0 heterocycles. The maximum Gasteiger partial charge on any atom is 0.314 e. The molecule has 0 bridgehead atoms. The average molecular weight is 307 g/mol. The third-order valence-corrected chi connectivity index (χ3v) is 3.38. The molecule has 0 fully saturated rings. The topological polar surface area (TPSA) is 78.4 Å². The molecular formula is C15H15ClN2O3. The smallest absolute Gasteiger partial charge is 0.314 e. The van der Waals surface area contributed by atoms with Crippen molar-refractivity contribution in [3.8, 4) is 11.5 Å². The van der Waals surface area contributed by atoms with Gasteiger partial charge in [0.2, 0.25) is 5.75 Å². The van der Waals surface area contributed by atoms with Crippen LogP contribution in [0, 0.1) is 17.0 Å². The SMILES string of the molecule is Cc1cccc(Oc2ccc([C@H](C)N)cc2Cl)c1[N+](=O)[O-]. The van der Waals surface area contributed by atoms with Crippen molar-refractivity contribution in [1.82, 2.24) is 0 Å². The summed E-state index contributed by atoms with van der Waals surface area (Å²) in [6.07, 6.45) is 0. The molecule has 0 aliphatic rings. The van der Waals surface area contributed by atoms with E-state index in [0.717, 1.165) is 5.56 Å². The van der Waals surface area contributed by atoms with Gasteiger partial charge in [-0.15, -0.1) is 0 Å². The highest BCUT2D eigenvalue weighted by atomic mass is 35.5. The molecule has 1 atom stereocenters. The van der Waals surface area contributed by atoms with Crippen molar-refractivity contribution < 1.29 is 9.66 Å². The van der Waals surface area contributed by atoms with Gasteiger partial charge in [0.1, 0.15) is 5.75 Å². The second-order valence-corrected chi connectivity index (χ2v) is 5.17. The van der Waals surface area contributed by atoms with Crippen LogP contribution < -0.4 is 10.5 Å². The van der Waals surface area contributed by atoms with E-state index >= 15 is 0 Å². The molecule has 2 aromatic rings. The van der Waals surface area contributed by atoms with E-state index in [1.165, 1.54) is 0 Å². The Bertz CT molecular complexity index is 687. The number of rotatable bonds is 4. The van der Waals surface area contributed by atoms with Crippen molar-refractivity contribution in [1.29, 1.82) is 0 Å². The van der Waals surface area contributed by atoms with Gasteiger partial charge in [-0.05, 0) is 37.6 Å². The Kier molecular flexibility index (Phi) is 4.45. The molecular weight excluding hydrogens is 292 g/mol. The number of nitro groups is 1. The van der Waals surface area contributed by atoms with Gasteiger partial charge in [-0.25, -0.2) is 0 Å². The fourth-order valence-electron chi connectivity index (χ4n) is 1.95. The molecule has 2 rings (SSSR count). The first-order chi connectivity index (χ1) is 9.90. The zero-order chi connectivity index (χ0) is 15.6. The molecule has 0 spiro atoms. The first kappa shape index (κ1) is 15.3. The zero-order valence-corrected chi connectivity index (χ0v) is 12.4. The third-order valence-electron chi connectivity index (χ3n) is 3.08. The lowest BCUT2D eigenvalue weighted by Gasteiger charge is -2.11. The third kappa shape index (κ3) is 3.32. The predicted octanol–water partition coefficient (Wildman–Crippen LogP) is 4.37. The highest BCUT2D eigenvalue weighted by Crippen LogP contribution is 2.37. The quantitative estimate of drug-likeness (QED) is 0.672. The van der Waals surface area contributed by atoms with Gasteiger partial charge >= 0.3 is 5.69 Å². The van der Waals surface area contributed by atoms with Gasteiger partial charge in [0.15, 0.2) is 0 Å². The molecule has 0 aliphatic heterocycles. The van der Waals surface area contributed by atoms with E-state index in [1.807, 2.05) is 6.92 Å². The van der Waals surface area contributed by atoms with Gasteiger partial charge in [0.05, 0.1) is 9.95 Å². The molecule has 0 radical (unpaired) electrons. The normalized spacial score (nSPS) is 12.0. The summed E-state index contributed by atoms with van der Waals surface area (Å²) in [6, 6.07) is 9.89. The summed E-state index contributed by atoms with van der Waals surface area (Å²) >= 11 is 6.14. The number of nitrogens with zero attached hydrogens (tertiary/aromatic N) is 1. The summed E-state index contributed by atoms with van der Waals surface area (Å²) in [5.41, 5.74) is 7.11. The van der Waals surface area contributed by atoms with Crippen molar-refractivity contribution in [3.05, 3.63) is 62.7 Å². The summed E-state index contributed by atoms with van der Waals surface area (Å²) < 4.78 is 5.60. The van der Waals surface area contributed by atoms with Crippen LogP contribution in [0.1, 0.15) is 24.1 Å². The molecule has 0 saturated heterocycles. The minimum absolute atomic E-state index is 0.0650. The standard InChI is InChI=1S/C15H15ClN2O3/c1-9-4-3-5-14(15(9)18(19)20)21-13-7-6-11(10(2)17)8-12(13)16/h3-8,10H,17H2,1-2H3/t10-/m0/s1. The van der Waals surface area contributed by atoms with Gasteiger partial charge < -0.3 is 10.5 Å². The zero-order valence-electron chi connectivity index (χ0n) is 11.7. The summed E-state index contributed by atoms with van der Waals surface area (Å²) in [5.74, 6) is 0.519. The van der Waals surface area contributed by atoms with Crippen molar-refractivity contribution >= 4 is 17.3 Å². The fraction of sp³-hybridized carbons (Fsp3) is 0.200. The van der Waals surface area contributed by atoms with Crippen LogP contribution in [0.5, 0.6) is 11.5 Å². The predicted molar refractivity (Wildman–Crippen MR) is 82.0 cm³/mol. The monoisotopic (exact) mass is 306 g/mol. The molecule has 2 aromatic carbocycles. The summed E-state index contributed by atoms with van der Waals surface area (Å²) in [7, 11) is 0. The van der Waals surface area contributed by atoms with E-state index in [-0.39, 0.29) is 17.5 Å². The van der Waals surface area contributed by atoms with E-state index in [2.05, 4.69) is 0 Å². The maximum atomic E-state index is 11.1. The largest absolute Gasteiger partial charge is 0.449 e. The number of nitrogens with two attached hydrogens (primary N) is 1. The fourth-order valence-corrected chi connectivity index (χ4v) is 2.18. The van der Waals surface area contributed by atoms with Crippen molar-refractivity contribution in [3.63, 3.8) is 0 Å². The molecule has 0 aromatic heterocycles. The first-order valence-electron chi connectivity index (χ1n) is 6.37. The van der Waals surface area contributed by atoms with Gasteiger partial charge in [-0.3, -0.25) is 10.1 Å². The van der Waals surface area contributed by atoms with Crippen LogP contribution in [0.25, 0.3) is 0 Å². The van der Waals surface area contributed by atoms with Crippen LogP contribution in [0.15, 0.2) is 36.4 Å². The molecule has 110 valence electrons. The van der Waals surface area contributed by atoms with Crippen LogP contribution in [-0.2, 0) is 0 Å². The molecule has 21 heavy (non-hydrogen) atoms. The Balaban J connectivity index is 2.39. The number of hydrogen-bond donors (Lipinski definition) is 1. The molecule has 0 unspecified atom stereocenters. The number of nitro benzene ring substituents is 1. The van der Waals surface area contributed by atoms with E-state index in [0.29, 0.717) is 16.3 Å². The van der Waals surface area contributed by atoms with Gasteiger partial charge in [-0.1, -0.05) is 29.8 Å². The highest BCUT2D eigenvalue weighted by molar-refractivity contribution is 6.32. The van der Waals surface area contributed by atoms with E-state index in [1.54, 1.807) is 43.3 Å². The van der Waals surface area contributed by atoms with Crippen LogP contribution in [-0.4, -0.2) is 4.92 Å². The van der Waals surface area contributed by atoms with Crippen LogP contribution >= 0.6 is 11.6 Å². The second-order valence-electron chi connectivity index (χ2n) is 4.76. The molecule has 0 amide bonds. The second kappa shape index (κ2) is 6.11. The highest BCUT2D eigenvalue weighted by Gasteiger charge is 2.19. The Morgan fingerprint density at radius 1 is 1.29 bits per heavy atom. The van der Waals surface area contributed by atoms with Gasteiger partial charge in [0, 0.05) is 11.6 Å². The summed E-state index contributed by atoms with van der Waals surface area (Å²) in [6.45, 7) is 3.50. The Labute approximate surface area is 127 Å². The lowest BCUT2D eigenvalue weighted by Crippen LogP contribution is -2.04. The Morgan fingerprint density at radius 2 is 2.00 bits per heavy atom. The lowest BCUT2D eigenvalue weighted by molar-refractivity contribution is -0.386.